The molecular weight excluding hydrogens is 272 g/mol. The number of hydrogen-bond acceptors (Lipinski definition) is 4. The van der Waals surface area contributed by atoms with Gasteiger partial charge in [0, 0.05) is 31.7 Å². The van der Waals surface area contributed by atoms with Crippen LogP contribution in [0.4, 0.5) is 5.82 Å². The molecule has 4 rings (SSSR count). The highest BCUT2D eigenvalue weighted by Gasteiger charge is 2.12. The van der Waals surface area contributed by atoms with Crippen molar-refractivity contribution in [3.63, 3.8) is 0 Å². The SMILES string of the molecule is c1cc(-c2ccc3nccnc3c2)cc(N2CCCCC2)n1. The molecule has 2 aromatic heterocycles. The Morgan fingerprint density at radius 2 is 1.45 bits per heavy atom. The second-order valence-corrected chi connectivity index (χ2v) is 5.71. The fourth-order valence-electron chi connectivity index (χ4n) is 3.04. The number of anilines is 1. The Labute approximate surface area is 129 Å². The molecule has 1 fully saturated rings. The standard InChI is InChI=1S/C18H18N4/c1-2-10-22(11-3-1)18-13-15(6-7-21-18)14-4-5-16-17(12-14)20-9-8-19-16/h4-9,12-13H,1-3,10-11H2. The van der Waals surface area contributed by atoms with Gasteiger partial charge in [0.05, 0.1) is 11.0 Å². The van der Waals surface area contributed by atoms with E-state index in [-0.39, 0.29) is 0 Å². The van der Waals surface area contributed by atoms with Crippen LogP contribution in [-0.2, 0) is 0 Å². The zero-order chi connectivity index (χ0) is 14.8. The molecule has 0 N–H and O–H groups in total. The molecule has 0 spiro atoms. The van der Waals surface area contributed by atoms with Crippen LogP contribution in [-0.4, -0.2) is 28.0 Å². The van der Waals surface area contributed by atoms with Gasteiger partial charge in [0.1, 0.15) is 5.82 Å². The first kappa shape index (κ1) is 13.2. The van der Waals surface area contributed by atoms with Crippen molar-refractivity contribution in [2.45, 2.75) is 19.3 Å². The Morgan fingerprint density at radius 3 is 2.32 bits per heavy atom. The van der Waals surface area contributed by atoms with Crippen LogP contribution in [0.2, 0.25) is 0 Å². The van der Waals surface area contributed by atoms with Crippen LogP contribution >= 0.6 is 0 Å². The highest BCUT2D eigenvalue weighted by molar-refractivity contribution is 5.81. The zero-order valence-electron chi connectivity index (χ0n) is 12.4. The highest BCUT2D eigenvalue weighted by atomic mass is 15.2. The van der Waals surface area contributed by atoms with E-state index < -0.39 is 0 Å². The third-order valence-corrected chi connectivity index (χ3v) is 4.23. The van der Waals surface area contributed by atoms with Crippen molar-refractivity contribution in [3.05, 3.63) is 48.9 Å². The maximum absolute atomic E-state index is 4.55. The summed E-state index contributed by atoms with van der Waals surface area (Å²) in [7, 11) is 0. The number of benzene rings is 1. The maximum atomic E-state index is 4.55. The lowest BCUT2D eigenvalue weighted by molar-refractivity contribution is 0.573. The molecule has 22 heavy (non-hydrogen) atoms. The summed E-state index contributed by atoms with van der Waals surface area (Å²) in [6.45, 7) is 2.22. The molecule has 4 heteroatoms. The van der Waals surface area contributed by atoms with Crippen molar-refractivity contribution in [2.75, 3.05) is 18.0 Å². The van der Waals surface area contributed by atoms with E-state index in [0.29, 0.717) is 0 Å². The van der Waals surface area contributed by atoms with E-state index in [4.69, 9.17) is 0 Å². The van der Waals surface area contributed by atoms with E-state index in [2.05, 4.69) is 44.1 Å². The fraction of sp³-hybridized carbons (Fsp3) is 0.278. The van der Waals surface area contributed by atoms with E-state index in [9.17, 15) is 0 Å². The summed E-state index contributed by atoms with van der Waals surface area (Å²) in [6, 6.07) is 10.5. The van der Waals surface area contributed by atoms with Gasteiger partial charge in [0.25, 0.3) is 0 Å². The molecule has 0 amide bonds. The highest BCUT2D eigenvalue weighted by Crippen LogP contribution is 2.26. The fourth-order valence-corrected chi connectivity index (χ4v) is 3.04. The van der Waals surface area contributed by atoms with Gasteiger partial charge in [-0.2, -0.15) is 0 Å². The van der Waals surface area contributed by atoms with Crippen molar-refractivity contribution in [3.8, 4) is 11.1 Å². The lowest BCUT2D eigenvalue weighted by Crippen LogP contribution is -2.30. The minimum absolute atomic E-state index is 0.927. The molecule has 0 unspecified atom stereocenters. The summed E-state index contributed by atoms with van der Waals surface area (Å²) in [5.74, 6) is 1.08. The Balaban J connectivity index is 1.71. The van der Waals surface area contributed by atoms with Gasteiger partial charge in [-0.3, -0.25) is 9.97 Å². The Morgan fingerprint density at radius 1 is 0.682 bits per heavy atom. The number of pyridine rings is 1. The normalized spacial score (nSPS) is 15.2. The summed E-state index contributed by atoms with van der Waals surface area (Å²) in [4.78, 5) is 15.6. The molecule has 0 bridgehead atoms. The van der Waals surface area contributed by atoms with E-state index >= 15 is 0 Å². The molecule has 4 nitrogen and oxygen atoms in total. The molecule has 1 saturated heterocycles. The minimum atomic E-state index is 0.927. The van der Waals surface area contributed by atoms with Crippen molar-refractivity contribution < 1.29 is 0 Å². The maximum Gasteiger partial charge on any atom is 0.129 e. The van der Waals surface area contributed by atoms with Gasteiger partial charge in [-0.1, -0.05) is 6.07 Å². The summed E-state index contributed by atoms with van der Waals surface area (Å²) < 4.78 is 0. The monoisotopic (exact) mass is 290 g/mol. The predicted molar refractivity (Wildman–Crippen MR) is 88.8 cm³/mol. The van der Waals surface area contributed by atoms with Crippen molar-refractivity contribution in [2.24, 2.45) is 0 Å². The molecule has 0 saturated carbocycles. The Kier molecular flexibility index (Phi) is 3.43. The van der Waals surface area contributed by atoms with Crippen molar-refractivity contribution >= 4 is 16.9 Å². The summed E-state index contributed by atoms with van der Waals surface area (Å²) >= 11 is 0. The number of fused-ring (bicyclic) bond motifs is 1. The van der Waals surface area contributed by atoms with Crippen LogP contribution < -0.4 is 4.90 Å². The van der Waals surface area contributed by atoms with Crippen molar-refractivity contribution in [1.29, 1.82) is 0 Å². The molecule has 3 aromatic rings. The van der Waals surface area contributed by atoms with Gasteiger partial charge in [0.2, 0.25) is 0 Å². The lowest BCUT2D eigenvalue weighted by atomic mass is 10.1. The second kappa shape index (κ2) is 5.72. The van der Waals surface area contributed by atoms with Gasteiger partial charge in [0.15, 0.2) is 0 Å². The number of hydrogen-bond donors (Lipinski definition) is 0. The second-order valence-electron chi connectivity index (χ2n) is 5.71. The van der Waals surface area contributed by atoms with E-state index in [1.165, 1.54) is 24.8 Å². The molecular formula is C18H18N4. The zero-order valence-corrected chi connectivity index (χ0v) is 12.4. The topological polar surface area (TPSA) is 41.9 Å². The van der Waals surface area contributed by atoms with Crippen LogP contribution in [0.3, 0.4) is 0 Å². The van der Waals surface area contributed by atoms with Gasteiger partial charge in [-0.25, -0.2) is 4.98 Å². The molecule has 1 aliphatic heterocycles. The van der Waals surface area contributed by atoms with E-state index in [0.717, 1.165) is 35.5 Å². The third kappa shape index (κ3) is 2.52. The molecule has 1 aromatic carbocycles. The van der Waals surface area contributed by atoms with Crippen LogP contribution in [0.1, 0.15) is 19.3 Å². The quantitative estimate of drug-likeness (QED) is 0.722. The molecule has 0 radical (unpaired) electrons. The Bertz CT molecular complexity index is 794. The van der Waals surface area contributed by atoms with Crippen LogP contribution in [0.15, 0.2) is 48.9 Å². The van der Waals surface area contributed by atoms with Crippen molar-refractivity contribution in [1.82, 2.24) is 15.0 Å². The van der Waals surface area contributed by atoms with Gasteiger partial charge in [-0.15, -0.1) is 0 Å². The van der Waals surface area contributed by atoms with Crippen LogP contribution in [0.5, 0.6) is 0 Å². The Hall–Kier alpha value is -2.49. The first-order chi connectivity index (χ1) is 10.9. The van der Waals surface area contributed by atoms with Crippen LogP contribution in [0, 0.1) is 0 Å². The smallest absolute Gasteiger partial charge is 0.129 e. The van der Waals surface area contributed by atoms with Gasteiger partial charge < -0.3 is 4.90 Å². The molecule has 110 valence electrons. The molecule has 1 aliphatic rings. The summed E-state index contributed by atoms with van der Waals surface area (Å²) in [6.07, 6.45) is 9.22. The number of aromatic nitrogens is 3. The minimum Gasteiger partial charge on any atom is -0.357 e. The first-order valence-corrected chi connectivity index (χ1v) is 7.82. The molecule has 0 atom stereocenters. The van der Waals surface area contributed by atoms with E-state index in [1.54, 1.807) is 12.4 Å². The first-order valence-electron chi connectivity index (χ1n) is 7.82. The number of piperidine rings is 1. The average Bonchev–Trinajstić information content (AvgIpc) is 2.62. The van der Waals surface area contributed by atoms with Crippen LogP contribution in [0.25, 0.3) is 22.2 Å². The summed E-state index contributed by atoms with van der Waals surface area (Å²) in [5.41, 5.74) is 4.20. The lowest BCUT2D eigenvalue weighted by Gasteiger charge is -2.27. The third-order valence-electron chi connectivity index (χ3n) is 4.23. The number of rotatable bonds is 2. The van der Waals surface area contributed by atoms with Gasteiger partial charge in [-0.05, 0) is 54.7 Å². The van der Waals surface area contributed by atoms with Gasteiger partial charge >= 0.3 is 0 Å². The molecule has 3 heterocycles. The largest absolute Gasteiger partial charge is 0.357 e. The average molecular weight is 290 g/mol. The summed E-state index contributed by atoms with van der Waals surface area (Å²) in [5, 5.41) is 0. The number of nitrogens with zero attached hydrogens (tertiary/aromatic N) is 4. The molecule has 0 aliphatic carbocycles. The van der Waals surface area contributed by atoms with E-state index in [1.807, 2.05) is 12.3 Å². The predicted octanol–water partition coefficient (Wildman–Crippen LogP) is 3.68.